The first-order chi connectivity index (χ1) is 14.8. The van der Waals surface area contributed by atoms with Gasteiger partial charge in [0, 0.05) is 17.1 Å². The third kappa shape index (κ3) is 5.46. The molecule has 0 aliphatic heterocycles. The maximum absolute atomic E-state index is 13.8. The second-order valence-electron chi connectivity index (χ2n) is 7.48. The fraction of sp³-hybridized carbons (Fsp3) is 0.261. The number of hydrogen-bond donors (Lipinski definition) is 2. The van der Waals surface area contributed by atoms with Crippen molar-refractivity contribution >= 4 is 34.6 Å². The normalized spacial score (nSPS) is 10.8. The van der Waals surface area contributed by atoms with Gasteiger partial charge in [-0.1, -0.05) is 30.3 Å². The van der Waals surface area contributed by atoms with Crippen molar-refractivity contribution < 1.29 is 14.0 Å². The Balaban J connectivity index is 1.71. The largest absolute Gasteiger partial charge is 0.322 e. The van der Waals surface area contributed by atoms with Crippen LogP contribution in [0.25, 0.3) is 0 Å². The summed E-state index contributed by atoms with van der Waals surface area (Å²) in [7, 11) is 0. The first kappa shape index (κ1) is 22.4. The number of nitrogens with one attached hydrogen (secondary N) is 2. The van der Waals surface area contributed by atoms with Crippen LogP contribution < -0.4 is 10.6 Å². The third-order valence-corrected chi connectivity index (χ3v) is 5.64. The van der Waals surface area contributed by atoms with Gasteiger partial charge in [0.05, 0.1) is 12.2 Å². The van der Waals surface area contributed by atoms with E-state index in [4.69, 9.17) is 0 Å². The number of hydrogen-bond acceptors (Lipinski definition) is 4. The van der Waals surface area contributed by atoms with Crippen molar-refractivity contribution in [1.29, 1.82) is 0 Å². The summed E-state index contributed by atoms with van der Waals surface area (Å²) in [6.07, 6.45) is 0. The highest BCUT2D eigenvalue weighted by Crippen LogP contribution is 2.22. The lowest BCUT2D eigenvalue weighted by Crippen LogP contribution is -2.39. The third-order valence-electron chi connectivity index (χ3n) is 4.81. The molecule has 1 heterocycles. The standard InChI is InChI=1S/C23H25FN4O2S/c1-14(2)28(23(30)27-21-15(3)8-7-9-16(21)4)12-20-25-19(13-31-20)22(29)26-18-11-6-5-10-17(18)24/h5-11,13-14H,12H2,1-4H3,(H,26,29)(H,27,30). The molecule has 0 fully saturated rings. The van der Waals surface area contributed by atoms with Crippen molar-refractivity contribution in [1.82, 2.24) is 9.88 Å². The van der Waals surface area contributed by atoms with Crippen molar-refractivity contribution in [3.63, 3.8) is 0 Å². The number of thiazole rings is 1. The van der Waals surface area contributed by atoms with E-state index in [-0.39, 0.29) is 30.0 Å². The van der Waals surface area contributed by atoms with Gasteiger partial charge in [-0.25, -0.2) is 14.2 Å². The molecule has 0 bridgehead atoms. The lowest BCUT2D eigenvalue weighted by atomic mass is 10.1. The molecule has 0 saturated heterocycles. The number of halogens is 1. The molecule has 162 valence electrons. The van der Waals surface area contributed by atoms with Crippen LogP contribution in [0.4, 0.5) is 20.6 Å². The van der Waals surface area contributed by atoms with E-state index in [1.54, 1.807) is 22.4 Å². The Morgan fingerprint density at radius 2 is 1.74 bits per heavy atom. The van der Waals surface area contributed by atoms with Gasteiger partial charge < -0.3 is 15.5 Å². The molecule has 0 aliphatic carbocycles. The van der Waals surface area contributed by atoms with E-state index in [9.17, 15) is 14.0 Å². The molecule has 3 amide bonds. The maximum atomic E-state index is 13.8. The number of urea groups is 1. The zero-order chi connectivity index (χ0) is 22.5. The smallest absolute Gasteiger partial charge is 0.318 e. The molecule has 0 unspecified atom stereocenters. The number of aromatic nitrogens is 1. The van der Waals surface area contributed by atoms with Crippen LogP contribution in [0.2, 0.25) is 0 Å². The molecule has 8 heteroatoms. The fourth-order valence-corrected chi connectivity index (χ4v) is 3.83. The van der Waals surface area contributed by atoms with Crippen molar-refractivity contribution in [3.05, 3.63) is 75.5 Å². The zero-order valence-electron chi connectivity index (χ0n) is 17.9. The quantitative estimate of drug-likeness (QED) is 0.524. The van der Waals surface area contributed by atoms with Crippen molar-refractivity contribution in [3.8, 4) is 0 Å². The molecular formula is C23H25FN4O2S. The highest BCUT2D eigenvalue weighted by molar-refractivity contribution is 7.09. The molecule has 3 aromatic rings. The Kier molecular flexibility index (Phi) is 7.02. The molecule has 2 aromatic carbocycles. The van der Waals surface area contributed by atoms with E-state index in [0.29, 0.717) is 5.01 Å². The summed E-state index contributed by atoms with van der Waals surface area (Å²) in [5.74, 6) is -1.01. The zero-order valence-corrected chi connectivity index (χ0v) is 18.7. The summed E-state index contributed by atoms with van der Waals surface area (Å²) >= 11 is 1.28. The van der Waals surface area contributed by atoms with Gasteiger partial charge >= 0.3 is 6.03 Å². The van der Waals surface area contributed by atoms with Crippen LogP contribution in [0.1, 0.15) is 40.5 Å². The van der Waals surface area contributed by atoms with Gasteiger partial charge in [-0.3, -0.25) is 4.79 Å². The Bertz CT molecular complexity index is 1080. The summed E-state index contributed by atoms with van der Waals surface area (Å²) in [6, 6.07) is 11.5. The maximum Gasteiger partial charge on any atom is 0.322 e. The van der Waals surface area contributed by atoms with E-state index in [1.807, 2.05) is 45.9 Å². The van der Waals surface area contributed by atoms with Crippen LogP contribution >= 0.6 is 11.3 Å². The van der Waals surface area contributed by atoms with Gasteiger partial charge in [0.1, 0.15) is 16.5 Å². The van der Waals surface area contributed by atoms with Gasteiger partial charge in [0.15, 0.2) is 0 Å². The average molecular weight is 441 g/mol. The molecule has 0 aliphatic rings. The van der Waals surface area contributed by atoms with Crippen molar-refractivity contribution in [2.24, 2.45) is 0 Å². The molecule has 0 radical (unpaired) electrons. The lowest BCUT2D eigenvalue weighted by molar-refractivity contribution is 0.102. The van der Waals surface area contributed by atoms with E-state index in [2.05, 4.69) is 15.6 Å². The van der Waals surface area contributed by atoms with Gasteiger partial charge in [0.2, 0.25) is 0 Å². The molecule has 1 aromatic heterocycles. The van der Waals surface area contributed by atoms with E-state index < -0.39 is 11.7 Å². The number of rotatable bonds is 6. The number of para-hydroxylation sites is 2. The first-order valence-electron chi connectivity index (χ1n) is 9.90. The second-order valence-corrected chi connectivity index (χ2v) is 8.42. The highest BCUT2D eigenvalue weighted by atomic mass is 32.1. The number of carbonyl (C=O) groups excluding carboxylic acids is 2. The minimum absolute atomic E-state index is 0.0797. The minimum atomic E-state index is -0.513. The molecule has 31 heavy (non-hydrogen) atoms. The van der Waals surface area contributed by atoms with Crippen LogP contribution in [0.3, 0.4) is 0 Å². The number of benzene rings is 2. The van der Waals surface area contributed by atoms with Crippen LogP contribution in [0.15, 0.2) is 47.8 Å². The van der Waals surface area contributed by atoms with Gasteiger partial charge in [-0.15, -0.1) is 11.3 Å². The Morgan fingerprint density at radius 3 is 2.39 bits per heavy atom. The van der Waals surface area contributed by atoms with Crippen LogP contribution in [-0.4, -0.2) is 27.9 Å². The monoisotopic (exact) mass is 440 g/mol. The van der Waals surface area contributed by atoms with E-state index in [0.717, 1.165) is 16.8 Å². The molecular weight excluding hydrogens is 415 g/mol. The topological polar surface area (TPSA) is 74.3 Å². The Morgan fingerprint density at radius 1 is 1.06 bits per heavy atom. The number of nitrogens with zero attached hydrogens (tertiary/aromatic N) is 2. The predicted octanol–water partition coefficient (Wildman–Crippen LogP) is 5.59. The van der Waals surface area contributed by atoms with Gasteiger partial charge in [-0.2, -0.15) is 0 Å². The number of anilines is 2. The van der Waals surface area contributed by atoms with Crippen LogP contribution in [0.5, 0.6) is 0 Å². The minimum Gasteiger partial charge on any atom is -0.318 e. The lowest BCUT2D eigenvalue weighted by Gasteiger charge is -2.27. The summed E-state index contributed by atoms with van der Waals surface area (Å²) in [5.41, 5.74) is 3.04. The molecule has 0 atom stereocenters. The molecule has 2 N–H and O–H groups in total. The molecule has 6 nitrogen and oxygen atoms in total. The van der Waals surface area contributed by atoms with Crippen molar-refractivity contribution in [2.45, 2.75) is 40.3 Å². The van der Waals surface area contributed by atoms with Crippen molar-refractivity contribution in [2.75, 3.05) is 10.6 Å². The summed E-state index contributed by atoms with van der Waals surface area (Å²) in [4.78, 5) is 31.4. The Hall–Kier alpha value is -3.26. The summed E-state index contributed by atoms with van der Waals surface area (Å²) < 4.78 is 13.8. The average Bonchev–Trinajstić information content (AvgIpc) is 3.19. The molecule has 3 rings (SSSR count). The summed E-state index contributed by atoms with van der Waals surface area (Å²) in [6.45, 7) is 7.99. The first-order valence-corrected chi connectivity index (χ1v) is 10.8. The fourth-order valence-electron chi connectivity index (χ4n) is 3.06. The number of carbonyl (C=O) groups is 2. The van der Waals surface area contributed by atoms with E-state index in [1.165, 1.54) is 23.5 Å². The van der Waals surface area contributed by atoms with E-state index >= 15 is 0 Å². The molecule has 0 spiro atoms. The highest BCUT2D eigenvalue weighted by Gasteiger charge is 2.21. The molecule has 0 saturated carbocycles. The van der Waals surface area contributed by atoms with Gasteiger partial charge in [0.25, 0.3) is 5.91 Å². The predicted molar refractivity (Wildman–Crippen MR) is 122 cm³/mol. The Labute approximate surface area is 185 Å². The van der Waals surface area contributed by atoms with Gasteiger partial charge in [-0.05, 0) is 51.0 Å². The second kappa shape index (κ2) is 9.70. The van der Waals surface area contributed by atoms with Crippen LogP contribution in [0, 0.1) is 19.7 Å². The van der Waals surface area contributed by atoms with Crippen LogP contribution in [-0.2, 0) is 6.54 Å². The number of amides is 3. The number of aryl methyl sites for hydroxylation is 2. The summed E-state index contributed by atoms with van der Waals surface area (Å²) in [5, 5.41) is 7.73. The SMILES string of the molecule is Cc1cccc(C)c1NC(=O)N(Cc1nc(C(=O)Nc2ccccc2F)cs1)C(C)C.